The highest BCUT2D eigenvalue weighted by molar-refractivity contribution is 9.10. The van der Waals surface area contributed by atoms with E-state index in [0.717, 1.165) is 15.6 Å². The van der Waals surface area contributed by atoms with Crippen LogP contribution in [0, 0.1) is 5.92 Å². The third kappa shape index (κ3) is 4.47. The molecule has 3 atom stereocenters. The molecule has 0 radical (unpaired) electrons. The molecule has 31 heavy (non-hydrogen) atoms. The fourth-order valence-corrected chi connectivity index (χ4v) is 4.43. The number of benzene rings is 2. The number of nitrogens with zero attached hydrogens (tertiary/aromatic N) is 1. The maximum Gasteiger partial charge on any atom is 0.312 e. The highest BCUT2D eigenvalue weighted by Crippen LogP contribution is 2.49. The van der Waals surface area contributed by atoms with E-state index in [1.54, 1.807) is 6.07 Å². The van der Waals surface area contributed by atoms with Crippen molar-refractivity contribution in [2.45, 2.75) is 24.5 Å². The topological polar surface area (TPSA) is 68.7 Å². The third-order valence-electron chi connectivity index (χ3n) is 5.58. The minimum absolute atomic E-state index is 0.142. The molecule has 0 aliphatic carbocycles. The summed E-state index contributed by atoms with van der Waals surface area (Å²) in [6, 6.07) is 18.8. The Balaban J connectivity index is 1.81. The first-order valence-electron chi connectivity index (χ1n) is 9.83. The van der Waals surface area contributed by atoms with Crippen molar-refractivity contribution in [1.82, 2.24) is 4.98 Å². The van der Waals surface area contributed by atoms with Crippen molar-refractivity contribution in [3.05, 3.63) is 93.2 Å². The van der Waals surface area contributed by atoms with Crippen LogP contribution < -0.4 is 4.74 Å². The number of pyridine rings is 1. The molecule has 160 valence electrons. The summed E-state index contributed by atoms with van der Waals surface area (Å²) in [4.78, 5) is 17.3. The zero-order chi connectivity index (χ0) is 22.0. The summed E-state index contributed by atoms with van der Waals surface area (Å²) in [6.45, 7) is 0. The Morgan fingerprint density at radius 3 is 2.68 bits per heavy atom. The molecule has 0 amide bonds. The van der Waals surface area contributed by atoms with Crippen molar-refractivity contribution in [1.29, 1.82) is 0 Å². The SMILES string of the molecule is COC(=O)C(Cc1ccccc1)[C@]1(O)CC(c2ccc(Br)cc2)Oc2cc(Cl)cnc21. The lowest BCUT2D eigenvalue weighted by molar-refractivity contribution is -0.162. The van der Waals surface area contributed by atoms with E-state index in [-0.39, 0.29) is 12.1 Å². The van der Waals surface area contributed by atoms with Gasteiger partial charge in [-0.15, -0.1) is 0 Å². The summed E-state index contributed by atoms with van der Waals surface area (Å²) in [6.07, 6.45) is 1.39. The number of methoxy groups -OCH3 is 1. The second-order valence-electron chi connectivity index (χ2n) is 7.55. The Labute approximate surface area is 194 Å². The molecular formula is C24H21BrClNO4. The van der Waals surface area contributed by atoms with Gasteiger partial charge in [0.15, 0.2) is 0 Å². The molecule has 3 aromatic rings. The molecule has 5 nitrogen and oxygen atoms in total. The van der Waals surface area contributed by atoms with Gasteiger partial charge >= 0.3 is 5.97 Å². The summed E-state index contributed by atoms with van der Waals surface area (Å²) in [7, 11) is 1.32. The van der Waals surface area contributed by atoms with Gasteiger partial charge in [0.1, 0.15) is 23.1 Å². The number of fused-ring (bicyclic) bond motifs is 1. The molecule has 0 bridgehead atoms. The molecule has 4 rings (SSSR count). The first-order chi connectivity index (χ1) is 14.9. The number of hydrogen-bond acceptors (Lipinski definition) is 5. The van der Waals surface area contributed by atoms with Gasteiger partial charge in [0.05, 0.1) is 18.1 Å². The minimum Gasteiger partial charge on any atom is -0.484 e. The predicted octanol–water partition coefficient (Wildman–Crippen LogP) is 5.24. The van der Waals surface area contributed by atoms with Crippen molar-refractivity contribution >= 4 is 33.5 Å². The second-order valence-corrected chi connectivity index (χ2v) is 8.90. The second kappa shape index (κ2) is 8.99. The maximum absolute atomic E-state index is 12.9. The van der Waals surface area contributed by atoms with Crippen LogP contribution in [0.3, 0.4) is 0 Å². The van der Waals surface area contributed by atoms with E-state index in [4.69, 9.17) is 21.1 Å². The molecule has 1 aliphatic rings. The largest absolute Gasteiger partial charge is 0.484 e. The molecule has 0 saturated heterocycles. The van der Waals surface area contributed by atoms with Gasteiger partial charge in [0.25, 0.3) is 0 Å². The summed E-state index contributed by atoms with van der Waals surface area (Å²) in [5.41, 5.74) is 0.458. The average Bonchev–Trinajstić information content (AvgIpc) is 2.77. The molecule has 1 aromatic heterocycles. The van der Waals surface area contributed by atoms with Crippen molar-refractivity contribution in [3.8, 4) is 5.75 Å². The molecule has 0 spiro atoms. The molecular weight excluding hydrogens is 482 g/mol. The zero-order valence-electron chi connectivity index (χ0n) is 16.8. The van der Waals surface area contributed by atoms with E-state index < -0.39 is 23.6 Å². The molecule has 1 N–H and O–H groups in total. The van der Waals surface area contributed by atoms with Gasteiger partial charge in [-0.05, 0) is 29.7 Å². The Morgan fingerprint density at radius 1 is 1.29 bits per heavy atom. The Hall–Kier alpha value is -2.41. The standard InChI is InChI=1S/C24H21BrClNO4/c1-30-23(28)19(11-15-5-3-2-4-6-15)24(29)13-21(16-7-9-17(25)10-8-16)31-20-12-18(26)14-27-22(20)24/h2-10,12,14,19,21,29H,11,13H2,1H3/t19?,21?,24-/m1/s1. The van der Waals surface area contributed by atoms with E-state index in [1.165, 1.54) is 13.3 Å². The van der Waals surface area contributed by atoms with Crippen LogP contribution in [-0.4, -0.2) is 23.2 Å². The number of aliphatic hydroxyl groups is 1. The average molecular weight is 503 g/mol. The van der Waals surface area contributed by atoms with Crippen molar-refractivity contribution in [2.24, 2.45) is 5.92 Å². The van der Waals surface area contributed by atoms with E-state index in [2.05, 4.69) is 20.9 Å². The number of hydrogen-bond donors (Lipinski definition) is 1. The minimum atomic E-state index is -1.61. The van der Waals surface area contributed by atoms with Crippen molar-refractivity contribution in [3.63, 3.8) is 0 Å². The van der Waals surface area contributed by atoms with Gasteiger partial charge in [0.2, 0.25) is 0 Å². The van der Waals surface area contributed by atoms with Crippen LogP contribution in [0.5, 0.6) is 5.75 Å². The number of rotatable bonds is 5. The van der Waals surface area contributed by atoms with Crippen LogP contribution in [0.2, 0.25) is 5.02 Å². The first-order valence-corrected chi connectivity index (χ1v) is 11.0. The van der Waals surface area contributed by atoms with E-state index >= 15 is 0 Å². The molecule has 0 saturated carbocycles. The zero-order valence-corrected chi connectivity index (χ0v) is 19.1. The molecule has 2 heterocycles. The van der Waals surface area contributed by atoms with Crippen LogP contribution in [-0.2, 0) is 21.6 Å². The van der Waals surface area contributed by atoms with Gasteiger partial charge in [-0.25, -0.2) is 0 Å². The number of carbonyl (C=O) groups is 1. The Morgan fingerprint density at radius 2 is 2.00 bits per heavy atom. The Kier molecular flexibility index (Phi) is 6.32. The smallest absolute Gasteiger partial charge is 0.312 e. The molecule has 2 aromatic carbocycles. The fraction of sp³-hybridized carbons (Fsp3) is 0.250. The third-order valence-corrected chi connectivity index (χ3v) is 6.32. The number of ether oxygens (including phenoxy) is 2. The highest BCUT2D eigenvalue weighted by Gasteiger charge is 2.51. The predicted molar refractivity (Wildman–Crippen MR) is 121 cm³/mol. The van der Waals surface area contributed by atoms with Crippen LogP contribution in [0.1, 0.15) is 29.3 Å². The van der Waals surface area contributed by atoms with E-state index in [1.807, 2.05) is 54.6 Å². The number of carbonyl (C=O) groups excluding carboxylic acids is 1. The van der Waals surface area contributed by atoms with Crippen LogP contribution >= 0.6 is 27.5 Å². The summed E-state index contributed by atoms with van der Waals surface area (Å²) in [5, 5.41) is 12.4. The number of halogens is 2. The quantitative estimate of drug-likeness (QED) is 0.483. The maximum atomic E-state index is 12.9. The lowest BCUT2D eigenvalue weighted by Gasteiger charge is -2.41. The summed E-state index contributed by atoms with van der Waals surface area (Å²) in [5.74, 6) is -1.03. The normalized spacial score (nSPS) is 21.0. The van der Waals surface area contributed by atoms with Gasteiger partial charge in [0, 0.05) is 23.2 Å². The first kappa shape index (κ1) is 21.8. The molecule has 0 fully saturated rings. The molecule has 7 heteroatoms. The van der Waals surface area contributed by atoms with E-state index in [9.17, 15) is 9.90 Å². The van der Waals surface area contributed by atoms with Crippen molar-refractivity contribution < 1.29 is 19.4 Å². The Bertz CT molecular complexity index is 1080. The fourth-order valence-electron chi connectivity index (χ4n) is 4.02. The highest BCUT2D eigenvalue weighted by atomic mass is 79.9. The lowest BCUT2D eigenvalue weighted by atomic mass is 9.74. The van der Waals surface area contributed by atoms with Gasteiger partial charge in [-0.1, -0.05) is 70.0 Å². The van der Waals surface area contributed by atoms with Crippen LogP contribution in [0.25, 0.3) is 0 Å². The lowest BCUT2D eigenvalue weighted by Crippen LogP contribution is -2.46. The monoisotopic (exact) mass is 501 g/mol. The van der Waals surface area contributed by atoms with Gasteiger partial charge in [-0.3, -0.25) is 9.78 Å². The molecule has 2 unspecified atom stereocenters. The number of esters is 1. The van der Waals surface area contributed by atoms with Gasteiger partial charge in [-0.2, -0.15) is 0 Å². The van der Waals surface area contributed by atoms with Gasteiger partial charge < -0.3 is 14.6 Å². The van der Waals surface area contributed by atoms with Crippen molar-refractivity contribution in [2.75, 3.05) is 7.11 Å². The summed E-state index contributed by atoms with van der Waals surface area (Å²) >= 11 is 9.60. The number of aromatic nitrogens is 1. The van der Waals surface area contributed by atoms with Crippen LogP contribution in [0.4, 0.5) is 0 Å². The summed E-state index contributed by atoms with van der Waals surface area (Å²) < 4.78 is 12.2. The molecule has 1 aliphatic heterocycles. The van der Waals surface area contributed by atoms with E-state index in [0.29, 0.717) is 17.2 Å². The van der Waals surface area contributed by atoms with Crippen LogP contribution in [0.15, 0.2) is 71.3 Å².